The van der Waals surface area contributed by atoms with Gasteiger partial charge in [-0.1, -0.05) is 29.3 Å². The second-order valence-corrected chi connectivity index (χ2v) is 7.61. The number of hydrogen-bond acceptors (Lipinski definition) is 3. The minimum Gasteiger partial charge on any atom is -0.299 e. The summed E-state index contributed by atoms with van der Waals surface area (Å²) in [6.45, 7) is 0. The fourth-order valence-electron chi connectivity index (χ4n) is 2.96. The fourth-order valence-corrected chi connectivity index (χ4v) is 3.27. The zero-order chi connectivity index (χ0) is 24.3. The molecule has 1 atom stereocenters. The molecule has 0 radical (unpaired) electrons. The molecule has 0 saturated carbocycles. The molecule has 2 rings (SSSR count). The molecule has 2 aromatic carbocycles. The van der Waals surface area contributed by atoms with Gasteiger partial charge in [0.05, 0.1) is 27.1 Å². The summed E-state index contributed by atoms with van der Waals surface area (Å²) in [5.74, 6) is -3.10. The van der Waals surface area contributed by atoms with E-state index >= 15 is 0 Å². The Kier molecular flexibility index (Phi) is 8.06. The molecule has 0 N–H and O–H groups in total. The summed E-state index contributed by atoms with van der Waals surface area (Å²) >= 11 is 11.7. The third-order valence-corrected chi connectivity index (χ3v) is 5.26. The van der Waals surface area contributed by atoms with Crippen LogP contribution in [0.2, 0.25) is 10.0 Å². The molecular weight excluding hydrogens is 487 g/mol. The SMILES string of the molecule is O=NC(=O)CC(C(=O)CCc1cc(C(F)(F)F)cc(C(F)(F)F)c1)c1ccc(Cl)c(Cl)c1. The summed E-state index contributed by atoms with van der Waals surface area (Å²) in [4.78, 5) is 34.7. The Labute approximate surface area is 187 Å². The second kappa shape index (κ2) is 9.99. The predicted molar refractivity (Wildman–Crippen MR) is 104 cm³/mol. The van der Waals surface area contributed by atoms with Crippen LogP contribution in [0.4, 0.5) is 26.3 Å². The maximum absolute atomic E-state index is 13.0. The Bertz CT molecular complexity index is 1000. The molecule has 32 heavy (non-hydrogen) atoms. The summed E-state index contributed by atoms with van der Waals surface area (Å²) in [7, 11) is 0. The quantitative estimate of drug-likeness (QED) is 0.304. The smallest absolute Gasteiger partial charge is 0.299 e. The van der Waals surface area contributed by atoms with Crippen LogP contribution in [0.15, 0.2) is 41.6 Å². The standard InChI is InChI=1S/C20H13Cl2F6NO3/c21-15-3-2-11(7-16(15)22)14(9-18(31)29-32)17(30)4-1-10-5-12(19(23,24)25)8-13(6-10)20(26,27)28/h2-3,5-8,14H,1,4,9H2. The van der Waals surface area contributed by atoms with Crippen molar-refractivity contribution >= 4 is 34.9 Å². The maximum Gasteiger partial charge on any atom is 0.416 e. The van der Waals surface area contributed by atoms with Crippen molar-refractivity contribution in [2.75, 3.05) is 0 Å². The predicted octanol–water partition coefficient (Wildman–Crippen LogP) is 7.00. The first-order valence-corrected chi connectivity index (χ1v) is 9.60. The van der Waals surface area contributed by atoms with Gasteiger partial charge in [-0.05, 0) is 47.9 Å². The van der Waals surface area contributed by atoms with E-state index in [1.807, 2.05) is 0 Å². The van der Waals surface area contributed by atoms with Gasteiger partial charge in [-0.25, -0.2) is 0 Å². The lowest BCUT2D eigenvalue weighted by atomic mass is 9.88. The van der Waals surface area contributed by atoms with Crippen LogP contribution in [0.3, 0.4) is 0 Å². The van der Waals surface area contributed by atoms with Crippen molar-refractivity contribution in [1.29, 1.82) is 0 Å². The Morgan fingerprint density at radius 1 is 0.875 bits per heavy atom. The van der Waals surface area contributed by atoms with Crippen molar-refractivity contribution in [2.45, 2.75) is 37.5 Å². The van der Waals surface area contributed by atoms with Crippen molar-refractivity contribution in [3.63, 3.8) is 0 Å². The number of amides is 1. The zero-order valence-electron chi connectivity index (χ0n) is 15.9. The third-order valence-electron chi connectivity index (χ3n) is 4.52. The lowest BCUT2D eigenvalue weighted by Gasteiger charge is -2.16. The van der Waals surface area contributed by atoms with Crippen molar-refractivity contribution in [1.82, 2.24) is 0 Å². The number of rotatable bonds is 7. The average Bonchev–Trinajstić information content (AvgIpc) is 2.70. The highest BCUT2D eigenvalue weighted by Crippen LogP contribution is 2.37. The number of hydrogen-bond donors (Lipinski definition) is 0. The molecule has 172 valence electrons. The minimum atomic E-state index is -5.02. The van der Waals surface area contributed by atoms with Gasteiger partial charge in [-0.2, -0.15) is 26.3 Å². The molecule has 1 amide bonds. The normalized spacial score (nSPS) is 13.0. The monoisotopic (exact) mass is 499 g/mol. The van der Waals surface area contributed by atoms with E-state index in [0.29, 0.717) is 12.1 Å². The van der Waals surface area contributed by atoms with Gasteiger partial charge in [0.2, 0.25) is 0 Å². The first-order valence-electron chi connectivity index (χ1n) is 8.84. The van der Waals surface area contributed by atoms with Crippen molar-refractivity contribution < 1.29 is 35.9 Å². The Hall–Kier alpha value is -2.46. The van der Waals surface area contributed by atoms with E-state index < -0.39 is 60.4 Å². The highest BCUT2D eigenvalue weighted by atomic mass is 35.5. The number of benzene rings is 2. The number of halogens is 8. The topological polar surface area (TPSA) is 63.6 Å². The molecule has 0 aliphatic carbocycles. The van der Waals surface area contributed by atoms with Gasteiger partial charge in [0.15, 0.2) is 0 Å². The van der Waals surface area contributed by atoms with Crippen LogP contribution in [0.25, 0.3) is 0 Å². The molecule has 12 heteroatoms. The van der Waals surface area contributed by atoms with E-state index in [2.05, 4.69) is 5.18 Å². The van der Waals surface area contributed by atoms with Crippen molar-refractivity contribution in [3.8, 4) is 0 Å². The van der Waals surface area contributed by atoms with Crippen LogP contribution < -0.4 is 0 Å². The minimum absolute atomic E-state index is 0.0156. The number of aryl methyl sites for hydroxylation is 1. The highest BCUT2D eigenvalue weighted by molar-refractivity contribution is 6.42. The molecule has 0 spiro atoms. The molecule has 0 aliphatic rings. The number of Topliss-reactive ketones (excluding diaryl/α,β-unsaturated/α-hetero) is 1. The number of alkyl halides is 6. The summed E-state index contributed by atoms with van der Waals surface area (Å²) in [5.41, 5.74) is -3.18. The average molecular weight is 500 g/mol. The van der Waals surface area contributed by atoms with Crippen molar-refractivity contribution in [2.24, 2.45) is 5.18 Å². The summed E-state index contributed by atoms with van der Waals surface area (Å²) in [5, 5.41) is 2.41. The lowest BCUT2D eigenvalue weighted by molar-refractivity contribution is -0.143. The summed E-state index contributed by atoms with van der Waals surface area (Å²) in [6, 6.07) is 5.00. The molecule has 2 aromatic rings. The van der Waals surface area contributed by atoms with Crippen LogP contribution in [-0.2, 0) is 28.4 Å². The number of carbonyl (C=O) groups is 2. The molecule has 0 heterocycles. The Morgan fingerprint density at radius 3 is 1.91 bits per heavy atom. The number of nitroso groups, excluding NO2 is 1. The lowest BCUT2D eigenvalue weighted by Crippen LogP contribution is -2.17. The first kappa shape index (κ1) is 25.8. The molecule has 0 saturated heterocycles. The fraction of sp³-hybridized carbons (Fsp3) is 0.300. The van der Waals surface area contributed by atoms with Crippen LogP contribution in [0.1, 0.15) is 41.0 Å². The number of carbonyl (C=O) groups excluding carboxylic acids is 2. The van der Waals surface area contributed by atoms with E-state index in [4.69, 9.17) is 23.2 Å². The van der Waals surface area contributed by atoms with Gasteiger partial charge < -0.3 is 0 Å². The van der Waals surface area contributed by atoms with Gasteiger partial charge in [-0.3, -0.25) is 9.59 Å². The van der Waals surface area contributed by atoms with Crippen LogP contribution in [0, 0.1) is 4.91 Å². The maximum atomic E-state index is 13.0. The van der Waals surface area contributed by atoms with Gasteiger partial charge in [0, 0.05) is 18.0 Å². The molecule has 0 aliphatic heterocycles. The van der Waals surface area contributed by atoms with E-state index in [1.165, 1.54) is 18.2 Å². The Balaban J connectivity index is 2.33. The van der Waals surface area contributed by atoms with Gasteiger partial charge >= 0.3 is 12.4 Å². The number of ketones is 1. The molecule has 1 unspecified atom stereocenters. The molecule has 0 fully saturated rings. The van der Waals surface area contributed by atoms with E-state index in [9.17, 15) is 40.8 Å². The molecule has 0 aromatic heterocycles. The van der Waals surface area contributed by atoms with Gasteiger partial charge in [0.1, 0.15) is 5.78 Å². The second-order valence-electron chi connectivity index (χ2n) is 6.80. The van der Waals surface area contributed by atoms with Gasteiger partial charge in [0.25, 0.3) is 5.91 Å². The van der Waals surface area contributed by atoms with E-state index in [1.54, 1.807) is 0 Å². The van der Waals surface area contributed by atoms with Crippen LogP contribution >= 0.6 is 23.2 Å². The van der Waals surface area contributed by atoms with Gasteiger partial charge in [-0.15, -0.1) is 4.91 Å². The highest BCUT2D eigenvalue weighted by Gasteiger charge is 2.37. The van der Waals surface area contributed by atoms with E-state index in [0.717, 1.165) is 0 Å². The van der Waals surface area contributed by atoms with E-state index in [-0.39, 0.29) is 27.2 Å². The molecular formula is C20H13Cl2F6NO3. The molecule has 0 bridgehead atoms. The Morgan fingerprint density at radius 2 is 1.44 bits per heavy atom. The zero-order valence-corrected chi connectivity index (χ0v) is 17.4. The summed E-state index contributed by atoms with van der Waals surface area (Å²) in [6.07, 6.45) is -11.7. The first-order chi connectivity index (χ1) is 14.7. The van der Waals surface area contributed by atoms with Crippen molar-refractivity contribution in [3.05, 3.63) is 73.6 Å². The van der Waals surface area contributed by atoms with Crippen LogP contribution in [-0.4, -0.2) is 11.7 Å². The summed E-state index contributed by atoms with van der Waals surface area (Å²) < 4.78 is 78.0. The largest absolute Gasteiger partial charge is 0.416 e. The number of nitrogens with zero attached hydrogens (tertiary/aromatic N) is 1. The van der Waals surface area contributed by atoms with Crippen LogP contribution in [0.5, 0.6) is 0 Å². The third kappa shape index (κ3) is 6.77. The molecule has 4 nitrogen and oxygen atoms in total.